The lowest BCUT2D eigenvalue weighted by atomic mass is 9.96. The van der Waals surface area contributed by atoms with Crippen molar-refractivity contribution in [2.45, 2.75) is 20.8 Å². The summed E-state index contributed by atoms with van der Waals surface area (Å²) in [5, 5.41) is 11.7. The highest BCUT2D eigenvalue weighted by molar-refractivity contribution is 5.94. The van der Waals surface area contributed by atoms with Crippen molar-refractivity contribution in [3.8, 4) is 0 Å². The van der Waals surface area contributed by atoms with Crippen LogP contribution in [0.1, 0.15) is 29.8 Å². The SMILES string of the molecule is Cc1ccc(C(=O)NCC(C(=O)O)C(C)C)cc1. The van der Waals surface area contributed by atoms with Gasteiger partial charge in [-0.1, -0.05) is 31.5 Å². The first kappa shape index (κ1) is 14.2. The van der Waals surface area contributed by atoms with Crippen molar-refractivity contribution in [3.63, 3.8) is 0 Å². The van der Waals surface area contributed by atoms with Gasteiger partial charge < -0.3 is 10.4 Å². The maximum atomic E-state index is 11.8. The number of carbonyl (C=O) groups excluding carboxylic acids is 1. The van der Waals surface area contributed by atoms with Gasteiger partial charge in [0.15, 0.2) is 0 Å². The number of aryl methyl sites for hydroxylation is 1. The average molecular weight is 249 g/mol. The van der Waals surface area contributed by atoms with Gasteiger partial charge in [-0.15, -0.1) is 0 Å². The highest BCUT2D eigenvalue weighted by Crippen LogP contribution is 2.10. The molecule has 18 heavy (non-hydrogen) atoms. The Labute approximate surface area is 107 Å². The molecule has 0 saturated heterocycles. The number of hydrogen-bond donors (Lipinski definition) is 2. The summed E-state index contributed by atoms with van der Waals surface area (Å²) < 4.78 is 0. The molecule has 1 unspecified atom stereocenters. The number of rotatable bonds is 5. The van der Waals surface area contributed by atoms with Crippen LogP contribution in [0.15, 0.2) is 24.3 Å². The van der Waals surface area contributed by atoms with E-state index in [4.69, 9.17) is 5.11 Å². The average Bonchev–Trinajstić information content (AvgIpc) is 2.28. The lowest BCUT2D eigenvalue weighted by Gasteiger charge is -2.16. The molecule has 1 aromatic rings. The molecule has 1 aromatic carbocycles. The molecule has 0 bridgehead atoms. The Morgan fingerprint density at radius 1 is 1.22 bits per heavy atom. The van der Waals surface area contributed by atoms with Gasteiger partial charge in [0.05, 0.1) is 5.92 Å². The molecule has 0 aliphatic heterocycles. The molecule has 0 aliphatic rings. The molecular weight excluding hydrogens is 230 g/mol. The van der Waals surface area contributed by atoms with E-state index >= 15 is 0 Å². The van der Waals surface area contributed by atoms with Gasteiger partial charge in [0, 0.05) is 12.1 Å². The molecule has 1 atom stereocenters. The van der Waals surface area contributed by atoms with Crippen molar-refractivity contribution in [2.75, 3.05) is 6.54 Å². The highest BCUT2D eigenvalue weighted by atomic mass is 16.4. The fraction of sp³-hybridized carbons (Fsp3) is 0.429. The fourth-order valence-corrected chi connectivity index (χ4v) is 1.62. The number of aliphatic carboxylic acids is 1. The maximum absolute atomic E-state index is 11.8. The van der Waals surface area contributed by atoms with Crippen LogP contribution < -0.4 is 5.32 Å². The summed E-state index contributed by atoms with van der Waals surface area (Å²) in [6.45, 7) is 5.76. The topological polar surface area (TPSA) is 66.4 Å². The molecule has 4 nitrogen and oxygen atoms in total. The quantitative estimate of drug-likeness (QED) is 0.839. The number of benzene rings is 1. The second-order valence-electron chi connectivity index (χ2n) is 4.76. The normalized spacial score (nSPS) is 12.2. The number of amides is 1. The van der Waals surface area contributed by atoms with Gasteiger partial charge >= 0.3 is 5.97 Å². The zero-order chi connectivity index (χ0) is 13.7. The van der Waals surface area contributed by atoms with Crippen LogP contribution >= 0.6 is 0 Å². The number of carbonyl (C=O) groups is 2. The van der Waals surface area contributed by atoms with E-state index in [0.717, 1.165) is 5.56 Å². The Morgan fingerprint density at radius 3 is 2.22 bits per heavy atom. The van der Waals surface area contributed by atoms with Crippen molar-refractivity contribution >= 4 is 11.9 Å². The van der Waals surface area contributed by atoms with E-state index in [0.29, 0.717) is 5.56 Å². The van der Waals surface area contributed by atoms with Gasteiger partial charge in [-0.2, -0.15) is 0 Å². The summed E-state index contributed by atoms with van der Waals surface area (Å²) in [6.07, 6.45) is 0. The molecule has 0 heterocycles. The third-order valence-corrected chi connectivity index (χ3v) is 2.92. The van der Waals surface area contributed by atoms with E-state index < -0.39 is 11.9 Å². The third kappa shape index (κ3) is 3.87. The van der Waals surface area contributed by atoms with Crippen LogP contribution in [0.25, 0.3) is 0 Å². The molecule has 1 amide bonds. The summed E-state index contributed by atoms with van der Waals surface area (Å²) in [5.41, 5.74) is 1.63. The molecule has 4 heteroatoms. The van der Waals surface area contributed by atoms with Crippen molar-refractivity contribution in [3.05, 3.63) is 35.4 Å². The van der Waals surface area contributed by atoms with E-state index in [9.17, 15) is 9.59 Å². The van der Waals surface area contributed by atoms with Crippen LogP contribution in [0.3, 0.4) is 0 Å². The molecule has 0 spiro atoms. The van der Waals surface area contributed by atoms with Crippen molar-refractivity contribution < 1.29 is 14.7 Å². The van der Waals surface area contributed by atoms with Gasteiger partial charge in [-0.05, 0) is 25.0 Å². The zero-order valence-corrected chi connectivity index (χ0v) is 10.9. The summed E-state index contributed by atoms with van der Waals surface area (Å²) in [5.74, 6) is -1.68. The van der Waals surface area contributed by atoms with E-state index in [1.807, 2.05) is 32.9 Å². The molecule has 0 aromatic heterocycles. The van der Waals surface area contributed by atoms with Crippen LogP contribution in [0.5, 0.6) is 0 Å². The molecule has 0 fully saturated rings. The van der Waals surface area contributed by atoms with Crippen LogP contribution in [-0.4, -0.2) is 23.5 Å². The Kier molecular flexibility index (Phi) is 4.89. The van der Waals surface area contributed by atoms with E-state index in [1.165, 1.54) is 0 Å². The lowest BCUT2D eigenvalue weighted by molar-refractivity contribution is -0.142. The summed E-state index contributed by atoms with van der Waals surface area (Å²) >= 11 is 0. The van der Waals surface area contributed by atoms with Gasteiger partial charge in [0.1, 0.15) is 0 Å². The second kappa shape index (κ2) is 6.19. The summed E-state index contributed by atoms with van der Waals surface area (Å²) in [6, 6.07) is 7.17. The van der Waals surface area contributed by atoms with Gasteiger partial charge in [-0.3, -0.25) is 9.59 Å². The first-order chi connectivity index (χ1) is 8.41. The maximum Gasteiger partial charge on any atom is 0.308 e. The van der Waals surface area contributed by atoms with Crippen molar-refractivity contribution in [1.82, 2.24) is 5.32 Å². The minimum Gasteiger partial charge on any atom is -0.481 e. The fourth-order valence-electron chi connectivity index (χ4n) is 1.62. The van der Waals surface area contributed by atoms with Gasteiger partial charge in [0.25, 0.3) is 5.91 Å². The van der Waals surface area contributed by atoms with E-state index in [1.54, 1.807) is 12.1 Å². The van der Waals surface area contributed by atoms with Gasteiger partial charge in [0.2, 0.25) is 0 Å². The Balaban J connectivity index is 2.60. The highest BCUT2D eigenvalue weighted by Gasteiger charge is 2.22. The van der Waals surface area contributed by atoms with Crippen molar-refractivity contribution in [2.24, 2.45) is 11.8 Å². The molecule has 2 N–H and O–H groups in total. The monoisotopic (exact) mass is 249 g/mol. The lowest BCUT2D eigenvalue weighted by Crippen LogP contribution is -2.35. The molecule has 98 valence electrons. The first-order valence-electron chi connectivity index (χ1n) is 5.99. The van der Waals surface area contributed by atoms with Crippen LogP contribution in [0.2, 0.25) is 0 Å². The molecule has 0 saturated carbocycles. The molecule has 1 rings (SSSR count). The second-order valence-corrected chi connectivity index (χ2v) is 4.76. The predicted molar refractivity (Wildman–Crippen MR) is 69.5 cm³/mol. The predicted octanol–water partition coefficient (Wildman–Crippen LogP) is 2.08. The molecule has 0 aliphatic carbocycles. The number of carboxylic acid groups (broad SMARTS) is 1. The number of hydrogen-bond acceptors (Lipinski definition) is 2. The smallest absolute Gasteiger partial charge is 0.308 e. The first-order valence-corrected chi connectivity index (χ1v) is 5.99. The summed E-state index contributed by atoms with van der Waals surface area (Å²) in [7, 11) is 0. The zero-order valence-electron chi connectivity index (χ0n) is 10.9. The Morgan fingerprint density at radius 2 is 1.78 bits per heavy atom. The van der Waals surface area contributed by atoms with Crippen LogP contribution in [0, 0.1) is 18.8 Å². The van der Waals surface area contributed by atoms with Crippen LogP contribution in [-0.2, 0) is 4.79 Å². The Hall–Kier alpha value is -1.84. The molecule has 0 radical (unpaired) electrons. The molecular formula is C14H19NO3. The van der Waals surface area contributed by atoms with Crippen LogP contribution in [0.4, 0.5) is 0 Å². The largest absolute Gasteiger partial charge is 0.481 e. The standard InChI is InChI=1S/C14H19NO3/c1-9(2)12(14(17)18)8-15-13(16)11-6-4-10(3)5-7-11/h4-7,9,12H,8H2,1-3H3,(H,15,16)(H,17,18). The number of nitrogens with one attached hydrogen (secondary N) is 1. The van der Waals surface area contributed by atoms with Gasteiger partial charge in [-0.25, -0.2) is 0 Å². The Bertz CT molecular complexity index is 423. The van der Waals surface area contributed by atoms with Crippen molar-refractivity contribution in [1.29, 1.82) is 0 Å². The van der Waals surface area contributed by atoms with E-state index in [2.05, 4.69) is 5.32 Å². The minimum atomic E-state index is -0.880. The third-order valence-electron chi connectivity index (χ3n) is 2.92. The van der Waals surface area contributed by atoms with E-state index in [-0.39, 0.29) is 18.4 Å². The minimum absolute atomic E-state index is 0.0131. The summed E-state index contributed by atoms with van der Waals surface area (Å²) in [4.78, 5) is 22.8. The number of carboxylic acids is 1.